The van der Waals surface area contributed by atoms with Crippen LogP contribution in [0.5, 0.6) is 5.75 Å². The van der Waals surface area contributed by atoms with Crippen LogP contribution in [0.15, 0.2) is 58.0 Å². The molecule has 0 saturated heterocycles. The number of anilines is 2. The van der Waals surface area contributed by atoms with Crippen molar-refractivity contribution >= 4 is 38.6 Å². The highest BCUT2D eigenvalue weighted by atomic mass is 32.2. The number of nitrogens with one attached hydrogen (secondary N) is 4. The van der Waals surface area contributed by atoms with Gasteiger partial charge in [0, 0.05) is 57.3 Å². The van der Waals surface area contributed by atoms with E-state index in [0.717, 1.165) is 0 Å². The maximum absolute atomic E-state index is 15.3. The molecule has 0 spiro atoms. The quantitative estimate of drug-likeness (QED) is 0.234. The molecule has 38 heavy (non-hydrogen) atoms. The summed E-state index contributed by atoms with van der Waals surface area (Å²) in [4.78, 5) is 26.4. The van der Waals surface area contributed by atoms with Crippen molar-refractivity contribution in [2.45, 2.75) is 13.0 Å². The minimum atomic E-state index is -3.96. The summed E-state index contributed by atoms with van der Waals surface area (Å²) in [6, 6.07) is 8.82. The van der Waals surface area contributed by atoms with E-state index in [0.29, 0.717) is 16.6 Å². The summed E-state index contributed by atoms with van der Waals surface area (Å²) in [6.45, 7) is 0.154. The van der Waals surface area contributed by atoms with Gasteiger partial charge in [-0.2, -0.15) is 13.5 Å². The molecule has 0 radical (unpaired) electrons. The van der Waals surface area contributed by atoms with Crippen LogP contribution in [-0.4, -0.2) is 50.8 Å². The number of hydrogen-bond donors (Lipinski definition) is 4. The highest BCUT2D eigenvalue weighted by Crippen LogP contribution is 2.28. The van der Waals surface area contributed by atoms with E-state index >= 15 is 4.39 Å². The molecule has 2 heterocycles. The van der Waals surface area contributed by atoms with Crippen LogP contribution in [0.25, 0.3) is 11.0 Å². The fourth-order valence-corrected chi connectivity index (χ4v) is 4.19. The first-order chi connectivity index (χ1) is 18.1. The van der Waals surface area contributed by atoms with Crippen LogP contribution < -0.4 is 25.1 Å². The molecule has 2 aromatic carbocycles. The zero-order chi connectivity index (χ0) is 27.4. The maximum Gasteiger partial charge on any atom is 0.414 e. The van der Waals surface area contributed by atoms with Gasteiger partial charge in [0.15, 0.2) is 5.82 Å². The Morgan fingerprint density at radius 3 is 2.68 bits per heavy atom. The van der Waals surface area contributed by atoms with E-state index < -0.39 is 27.7 Å². The van der Waals surface area contributed by atoms with Crippen molar-refractivity contribution in [1.82, 2.24) is 19.8 Å². The summed E-state index contributed by atoms with van der Waals surface area (Å²) in [7, 11) is 0.301. The minimum Gasteiger partial charge on any atom is -0.422 e. The summed E-state index contributed by atoms with van der Waals surface area (Å²) < 4.78 is 54.0. The molecule has 12 nitrogen and oxygen atoms in total. The third kappa shape index (κ3) is 5.92. The third-order valence-corrected chi connectivity index (χ3v) is 6.61. The van der Waals surface area contributed by atoms with Crippen molar-refractivity contribution in [1.29, 1.82) is 0 Å². The number of carbonyl (C=O) groups is 1. The first kappa shape index (κ1) is 26.6. The molecule has 1 amide bonds. The van der Waals surface area contributed by atoms with Gasteiger partial charge in [-0.05, 0) is 29.3 Å². The van der Waals surface area contributed by atoms with Crippen molar-refractivity contribution in [3.05, 3.63) is 81.7 Å². The van der Waals surface area contributed by atoms with Gasteiger partial charge in [0.05, 0.1) is 17.6 Å². The molecule has 0 unspecified atom stereocenters. The number of halogens is 1. The Morgan fingerprint density at radius 1 is 1.21 bits per heavy atom. The number of carbonyl (C=O) groups excluding carboxylic acids is 1. The number of benzene rings is 2. The number of aromatic nitrogens is 2. The zero-order valence-electron chi connectivity index (χ0n) is 20.7. The monoisotopic (exact) mass is 544 g/mol. The Balaban J connectivity index is 1.78. The van der Waals surface area contributed by atoms with Gasteiger partial charge in [-0.25, -0.2) is 18.7 Å². The van der Waals surface area contributed by atoms with Gasteiger partial charge >= 0.3 is 11.7 Å². The molecule has 0 fully saturated rings. The second kappa shape index (κ2) is 10.9. The summed E-state index contributed by atoms with van der Waals surface area (Å²) >= 11 is 0. The van der Waals surface area contributed by atoms with E-state index in [9.17, 15) is 18.0 Å². The lowest BCUT2D eigenvalue weighted by Gasteiger charge is -2.15. The van der Waals surface area contributed by atoms with Crippen LogP contribution in [-0.2, 0) is 23.2 Å². The molecule has 0 bridgehead atoms. The maximum atomic E-state index is 15.3. The molecule has 4 rings (SSSR count). The highest BCUT2D eigenvalue weighted by molar-refractivity contribution is 7.90. The number of H-pyrrole nitrogens is 1. The Morgan fingerprint density at radius 2 is 2.00 bits per heavy atom. The molecule has 4 aromatic rings. The summed E-state index contributed by atoms with van der Waals surface area (Å²) in [5.41, 5.74) is 0.591. The highest BCUT2D eigenvalue weighted by Gasteiger charge is 2.20. The summed E-state index contributed by atoms with van der Waals surface area (Å²) in [5.74, 6) is -0.651. The van der Waals surface area contributed by atoms with Crippen LogP contribution in [0, 0.1) is 5.82 Å². The molecule has 200 valence electrons. The number of fused-ring (bicyclic) bond motifs is 1. The number of nitrogens with zero attached hydrogens (tertiary/aromatic N) is 2. The minimum absolute atomic E-state index is 0.0778. The molecule has 2 aromatic heterocycles. The third-order valence-electron chi connectivity index (χ3n) is 5.59. The van der Waals surface area contributed by atoms with Crippen LogP contribution in [0.2, 0.25) is 0 Å². The van der Waals surface area contributed by atoms with Gasteiger partial charge in [-0.15, -0.1) is 0 Å². The molecule has 4 N–H and O–H groups in total. The molecular weight excluding hydrogens is 519 g/mol. The lowest BCUT2D eigenvalue weighted by Crippen LogP contribution is -2.27. The number of aromatic amines is 1. The van der Waals surface area contributed by atoms with Crippen molar-refractivity contribution in [2.24, 2.45) is 0 Å². The standard InChI is InChI=1S/C24H25FN6O6S/c1-26-38(34,35)30-20-6-4-5-14(22(20)25)9-18-19(13-27-15-11-28-29-12-15)17-8-7-16(36-24(33)31(2)3)10-21(17)37-23(18)32/h4-8,10-12,26-27,30H,9,13H2,1-3H3,(H,28,29). The van der Waals surface area contributed by atoms with Gasteiger partial charge < -0.3 is 19.4 Å². The number of rotatable bonds is 9. The SMILES string of the molecule is CNS(=O)(=O)Nc1cccc(Cc2c(CNc3cn[nH]c3)c3ccc(OC(=O)N(C)C)cc3oc2=O)c1F. The fraction of sp³-hybridized carbons (Fsp3) is 0.208. The van der Waals surface area contributed by atoms with Gasteiger partial charge in [0.25, 0.3) is 10.2 Å². The molecule has 0 aliphatic rings. The number of hydrogen-bond acceptors (Lipinski definition) is 8. The topological polar surface area (TPSA) is 159 Å². The first-order valence-electron chi connectivity index (χ1n) is 11.3. The Kier molecular flexibility index (Phi) is 7.64. The van der Waals surface area contributed by atoms with Crippen LogP contribution in [0.4, 0.5) is 20.6 Å². The number of amides is 1. The van der Waals surface area contributed by atoms with E-state index in [-0.39, 0.29) is 41.1 Å². The second-order valence-electron chi connectivity index (χ2n) is 8.37. The van der Waals surface area contributed by atoms with E-state index in [4.69, 9.17) is 9.15 Å². The van der Waals surface area contributed by atoms with Gasteiger partial charge in [-0.3, -0.25) is 9.82 Å². The van der Waals surface area contributed by atoms with Crippen molar-refractivity contribution in [2.75, 3.05) is 31.2 Å². The first-order valence-corrected chi connectivity index (χ1v) is 12.8. The predicted octanol–water partition coefficient (Wildman–Crippen LogP) is 2.79. The lowest BCUT2D eigenvalue weighted by atomic mass is 9.97. The molecule has 0 atom stereocenters. The van der Waals surface area contributed by atoms with E-state index in [1.807, 2.05) is 0 Å². The van der Waals surface area contributed by atoms with Crippen LogP contribution in [0.3, 0.4) is 0 Å². The average molecular weight is 545 g/mol. The van der Waals surface area contributed by atoms with Gasteiger partial charge in [0.2, 0.25) is 0 Å². The molecule has 0 aliphatic carbocycles. The largest absolute Gasteiger partial charge is 0.422 e. The normalized spacial score (nSPS) is 11.4. The lowest BCUT2D eigenvalue weighted by molar-refractivity contribution is 0.172. The van der Waals surface area contributed by atoms with Crippen molar-refractivity contribution < 1.29 is 26.8 Å². The average Bonchev–Trinajstić information content (AvgIpc) is 3.39. The van der Waals surface area contributed by atoms with E-state index in [1.54, 1.807) is 24.5 Å². The van der Waals surface area contributed by atoms with E-state index in [1.165, 1.54) is 50.3 Å². The summed E-state index contributed by atoms with van der Waals surface area (Å²) in [5, 5.41) is 10.3. The Hall–Kier alpha value is -4.43. The van der Waals surface area contributed by atoms with Crippen LogP contribution in [0.1, 0.15) is 16.7 Å². The van der Waals surface area contributed by atoms with Gasteiger partial charge in [-0.1, -0.05) is 12.1 Å². The second-order valence-corrected chi connectivity index (χ2v) is 9.99. The molecule has 0 aliphatic heterocycles. The smallest absolute Gasteiger partial charge is 0.414 e. The predicted molar refractivity (Wildman–Crippen MR) is 139 cm³/mol. The van der Waals surface area contributed by atoms with Crippen molar-refractivity contribution in [3.8, 4) is 5.75 Å². The molecular formula is C24H25FN6O6S. The van der Waals surface area contributed by atoms with Crippen molar-refractivity contribution in [3.63, 3.8) is 0 Å². The fourth-order valence-electron chi connectivity index (χ4n) is 3.64. The Labute approximate surface area is 217 Å². The summed E-state index contributed by atoms with van der Waals surface area (Å²) in [6.07, 6.45) is 2.40. The number of ether oxygens (including phenoxy) is 1. The molecule has 0 saturated carbocycles. The van der Waals surface area contributed by atoms with Crippen LogP contribution >= 0.6 is 0 Å². The van der Waals surface area contributed by atoms with Gasteiger partial charge in [0.1, 0.15) is 11.3 Å². The zero-order valence-corrected chi connectivity index (χ0v) is 21.5. The van der Waals surface area contributed by atoms with E-state index in [2.05, 4.69) is 25.0 Å². The molecule has 14 heteroatoms. The Bertz CT molecular complexity index is 1640.